The number of hydrogen-bond acceptors (Lipinski definition) is 3. The Hall–Kier alpha value is -0.650. The molecular weight excluding hydrogens is 299 g/mol. The molecule has 1 aromatic carbocycles. The number of hydrogen-bond donors (Lipinski definition) is 1. The van der Waals surface area contributed by atoms with Crippen molar-refractivity contribution in [2.75, 3.05) is 39.8 Å². The minimum absolute atomic E-state index is 0.305. The molecule has 0 bridgehead atoms. The Morgan fingerprint density at radius 1 is 1.39 bits per heavy atom. The zero-order valence-electron chi connectivity index (χ0n) is 10.5. The van der Waals surface area contributed by atoms with E-state index in [1.807, 2.05) is 6.07 Å². The maximum absolute atomic E-state index is 13.6. The van der Waals surface area contributed by atoms with Crippen LogP contribution in [0.4, 0.5) is 4.39 Å². The number of methoxy groups -OCH3 is 1. The van der Waals surface area contributed by atoms with Gasteiger partial charge in [0.2, 0.25) is 0 Å². The van der Waals surface area contributed by atoms with Crippen LogP contribution in [0.5, 0.6) is 5.75 Å². The molecule has 0 radical (unpaired) electrons. The highest BCUT2D eigenvalue weighted by Gasteiger charge is 2.12. The van der Waals surface area contributed by atoms with E-state index in [0.717, 1.165) is 44.7 Å². The van der Waals surface area contributed by atoms with E-state index in [-0.39, 0.29) is 5.82 Å². The molecule has 1 heterocycles. The fourth-order valence-corrected chi connectivity index (χ4v) is 2.62. The van der Waals surface area contributed by atoms with E-state index in [0.29, 0.717) is 10.2 Å². The first-order valence-corrected chi connectivity index (χ1v) is 6.95. The van der Waals surface area contributed by atoms with Crippen molar-refractivity contribution in [1.82, 2.24) is 10.2 Å². The molecule has 5 heteroatoms. The normalized spacial score (nSPS) is 16.8. The molecule has 18 heavy (non-hydrogen) atoms. The topological polar surface area (TPSA) is 24.5 Å². The molecule has 1 aromatic rings. The molecule has 1 aliphatic heterocycles. The largest absolute Gasteiger partial charge is 0.494 e. The maximum atomic E-state index is 13.6. The summed E-state index contributed by atoms with van der Waals surface area (Å²) in [6.07, 6.45) is 0.912. The van der Waals surface area contributed by atoms with Gasteiger partial charge in [0, 0.05) is 32.7 Å². The van der Waals surface area contributed by atoms with E-state index in [1.165, 1.54) is 7.11 Å². The third-order valence-electron chi connectivity index (χ3n) is 3.20. The van der Waals surface area contributed by atoms with Crippen LogP contribution in [0, 0.1) is 5.82 Å². The smallest absolute Gasteiger partial charge is 0.179 e. The number of rotatable bonds is 4. The predicted molar refractivity (Wildman–Crippen MR) is 73.7 cm³/mol. The first-order chi connectivity index (χ1) is 8.70. The fourth-order valence-electron chi connectivity index (χ4n) is 2.13. The second-order valence-electron chi connectivity index (χ2n) is 4.44. The van der Waals surface area contributed by atoms with Gasteiger partial charge in [0.15, 0.2) is 11.6 Å². The van der Waals surface area contributed by atoms with Gasteiger partial charge in [-0.15, -0.1) is 0 Å². The Bertz CT molecular complexity index is 408. The van der Waals surface area contributed by atoms with Gasteiger partial charge in [0.25, 0.3) is 0 Å². The van der Waals surface area contributed by atoms with E-state index in [1.54, 1.807) is 6.07 Å². The number of ether oxygens (including phenoxy) is 1. The quantitative estimate of drug-likeness (QED) is 0.920. The highest BCUT2D eigenvalue weighted by Crippen LogP contribution is 2.27. The molecule has 1 fully saturated rings. The van der Waals surface area contributed by atoms with Crippen LogP contribution in [0.15, 0.2) is 16.6 Å². The highest BCUT2D eigenvalue weighted by molar-refractivity contribution is 9.10. The number of nitrogens with one attached hydrogen (secondary N) is 1. The van der Waals surface area contributed by atoms with Crippen LogP contribution in [0.25, 0.3) is 0 Å². The van der Waals surface area contributed by atoms with Gasteiger partial charge in [-0.25, -0.2) is 4.39 Å². The Balaban J connectivity index is 1.98. The van der Waals surface area contributed by atoms with Gasteiger partial charge in [0.1, 0.15) is 0 Å². The molecule has 1 saturated heterocycles. The lowest BCUT2D eigenvalue weighted by Crippen LogP contribution is -2.44. The molecule has 0 amide bonds. The van der Waals surface area contributed by atoms with Crippen molar-refractivity contribution in [2.24, 2.45) is 0 Å². The standard InChI is InChI=1S/C13H18BrFN2O/c1-18-12-9-10(8-11(14)13(12)15)2-5-17-6-3-16-4-7-17/h8-9,16H,2-7H2,1H3. The van der Waals surface area contributed by atoms with Gasteiger partial charge in [-0.05, 0) is 40.0 Å². The number of piperazine rings is 1. The maximum Gasteiger partial charge on any atom is 0.179 e. The Morgan fingerprint density at radius 2 is 2.11 bits per heavy atom. The van der Waals surface area contributed by atoms with Crippen molar-refractivity contribution >= 4 is 15.9 Å². The SMILES string of the molecule is COc1cc(CCN2CCNCC2)cc(Br)c1F. The summed E-state index contributed by atoms with van der Waals surface area (Å²) in [5.41, 5.74) is 1.10. The molecule has 0 aliphatic carbocycles. The average molecular weight is 317 g/mol. The molecular formula is C13H18BrFN2O. The first kappa shape index (κ1) is 13.8. The minimum Gasteiger partial charge on any atom is -0.494 e. The summed E-state index contributed by atoms with van der Waals surface area (Å²) in [4.78, 5) is 2.42. The summed E-state index contributed by atoms with van der Waals surface area (Å²) >= 11 is 3.23. The van der Waals surface area contributed by atoms with Crippen LogP contribution in [-0.2, 0) is 6.42 Å². The van der Waals surface area contributed by atoms with Gasteiger partial charge < -0.3 is 15.0 Å². The average Bonchev–Trinajstić information content (AvgIpc) is 2.41. The zero-order chi connectivity index (χ0) is 13.0. The van der Waals surface area contributed by atoms with E-state index < -0.39 is 0 Å². The third kappa shape index (κ3) is 3.43. The van der Waals surface area contributed by atoms with E-state index >= 15 is 0 Å². The molecule has 0 atom stereocenters. The lowest BCUT2D eigenvalue weighted by Gasteiger charge is -2.27. The summed E-state index contributed by atoms with van der Waals surface area (Å²) in [6.45, 7) is 5.27. The molecule has 0 spiro atoms. The summed E-state index contributed by atoms with van der Waals surface area (Å²) in [7, 11) is 1.49. The molecule has 2 rings (SSSR count). The Morgan fingerprint density at radius 3 is 2.78 bits per heavy atom. The van der Waals surface area contributed by atoms with Gasteiger partial charge in [0.05, 0.1) is 11.6 Å². The molecule has 3 nitrogen and oxygen atoms in total. The Labute approximate surface area is 115 Å². The number of benzene rings is 1. The van der Waals surface area contributed by atoms with Gasteiger partial charge in [-0.1, -0.05) is 0 Å². The zero-order valence-corrected chi connectivity index (χ0v) is 12.1. The lowest BCUT2D eigenvalue weighted by molar-refractivity contribution is 0.244. The van der Waals surface area contributed by atoms with E-state index in [9.17, 15) is 4.39 Å². The van der Waals surface area contributed by atoms with Crippen molar-refractivity contribution in [1.29, 1.82) is 0 Å². The Kier molecular flexibility index (Phi) is 4.97. The van der Waals surface area contributed by atoms with Crippen LogP contribution in [-0.4, -0.2) is 44.7 Å². The van der Waals surface area contributed by atoms with Crippen molar-refractivity contribution < 1.29 is 9.13 Å². The van der Waals surface area contributed by atoms with E-state index in [4.69, 9.17) is 4.74 Å². The summed E-state index contributed by atoms with van der Waals surface area (Å²) in [5, 5.41) is 3.33. The summed E-state index contributed by atoms with van der Waals surface area (Å²) in [6, 6.07) is 3.61. The number of halogens is 2. The minimum atomic E-state index is -0.330. The molecule has 0 aromatic heterocycles. The van der Waals surface area contributed by atoms with E-state index in [2.05, 4.69) is 26.1 Å². The summed E-state index contributed by atoms with van der Waals surface area (Å²) in [5.74, 6) is -0.0249. The van der Waals surface area contributed by atoms with Crippen molar-refractivity contribution in [3.05, 3.63) is 28.0 Å². The van der Waals surface area contributed by atoms with Gasteiger partial charge in [-0.2, -0.15) is 0 Å². The monoisotopic (exact) mass is 316 g/mol. The molecule has 1 N–H and O–H groups in total. The van der Waals surface area contributed by atoms with Gasteiger partial charge in [-0.3, -0.25) is 0 Å². The van der Waals surface area contributed by atoms with Crippen molar-refractivity contribution in [2.45, 2.75) is 6.42 Å². The first-order valence-electron chi connectivity index (χ1n) is 6.15. The molecule has 0 saturated carbocycles. The van der Waals surface area contributed by atoms with Gasteiger partial charge >= 0.3 is 0 Å². The van der Waals surface area contributed by atoms with Crippen LogP contribution in [0.2, 0.25) is 0 Å². The predicted octanol–water partition coefficient (Wildman–Crippen LogP) is 2.04. The molecule has 0 unspecified atom stereocenters. The third-order valence-corrected chi connectivity index (χ3v) is 3.78. The second kappa shape index (κ2) is 6.50. The van der Waals surface area contributed by atoms with Crippen LogP contribution in [0.3, 0.4) is 0 Å². The fraction of sp³-hybridized carbons (Fsp3) is 0.538. The van der Waals surface area contributed by atoms with Crippen LogP contribution < -0.4 is 10.1 Å². The summed E-state index contributed by atoms with van der Waals surface area (Å²) < 4.78 is 19.1. The number of nitrogens with zero attached hydrogens (tertiary/aromatic N) is 1. The van der Waals surface area contributed by atoms with Crippen molar-refractivity contribution in [3.63, 3.8) is 0 Å². The van der Waals surface area contributed by atoms with Crippen molar-refractivity contribution in [3.8, 4) is 5.75 Å². The second-order valence-corrected chi connectivity index (χ2v) is 5.29. The van der Waals surface area contributed by atoms with Crippen LogP contribution in [0.1, 0.15) is 5.56 Å². The lowest BCUT2D eigenvalue weighted by atomic mass is 10.1. The molecule has 1 aliphatic rings. The van der Waals surface area contributed by atoms with Crippen LogP contribution >= 0.6 is 15.9 Å². The highest BCUT2D eigenvalue weighted by atomic mass is 79.9. The molecule has 100 valence electrons.